The van der Waals surface area contributed by atoms with E-state index in [9.17, 15) is 0 Å². The van der Waals surface area contributed by atoms with Crippen molar-refractivity contribution in [1.82, 2.24) is 14.6 Å². The van der Waals surface area contributed by atoms with Gasteiger partial charge in [0.1, 0.15) is 10.2 Å². The fraction of sp³-hybridized carbons (Fsp3) is 0. The number of nitrogens with zero attached hydrogens (tertiary/aromatic N) is 2. The average Bonchev–Trinajstić information content (AvgIpc) is 2.76. The Morgan fingerprint density at radius 3 is 2.75 bits per heavy atom. The van der Waals surface area contributed by atoms with Crippen LogP contribution in [0.5, 0.6) is 0 Å². The summed E-state index contributed by atoms with van der Waals surface area (Å²) >= 11 is 5.20. The lowest BCUT2D eigenvalue weighted by molar-refractivity contribution is 0.946. The van der Waals surface area contributed by atoms with Gasteiger partial charge in [-0.1, -0.05) is 42.5 Å². The molecule has 16 heavy (non-hydrogen) atoms. The lowest BCUT2D eigenvalue weighted by atomic mass is 10.1. The summed E-state index contributed by atoms with van der Waals surface area (Å²) in [6.45, 7) is 0. The minimum absolute atomic E-state index is 0.706. The van der Waals surface area contributed by atoms with Crippen LogP contribution in [0.2, 0.25) is 0 Å². The number of fused-ring (bicyclic) bond motifs is 1. The minimum Gasteiger partial charge on any atom is -0.350 e. The number of hydrogen-bond acceptors (Lipinski definition) is 2. The van der Waals surface area contributed by atoms with Gasteiger partial charge in [-0.3, -0.25) is 0 Å². The SMILES string of the molecule is S=c1[nH]ccn2nc(-c3ccccc3)cc12. The van der Waals surface area contributed by atoms with E-state index >= 15 is 0 Å². The zero-order valence-electron chi connectivity index (χ0n) is 8.42. The highest BCUT2D eigenvalue weighted by Crippen LogP contribution is 2.18. The van der Waals surface area contributed by atoms with Gasteiger partial charge in [0.2, 0.25) is 0 Å². The standard InChI is InChI=1S/C12H9N3S/c16-12-11-8-10(9-4-2-1-3-5-9)14-15(11)7-6-13-12/h1-8H,(H,13,16). The summed E-state index contributed by atoms with van der Waals surface area (Å²) in [7, 11) is 0. The minimum atomic E-state index is 0.706. The van der Waals surface area contributed by atoms with E-state index < -0.39 is 0 Å². The van der Waals surface area contributed by atoms with E-state index in [-0.39, 0.29) is 0 Å². The van der Waals surface area contributed by atoms with E-state index in [1.165, 1.54) is 0 Å². The van der Waals surface area contributed by atoms with E-state index in [1.807, 2.05) is 42.6 Å². The first-order valence-electron chi connectivity index (χ1n) is 4.97. The molecule has 0 aliphatic carbocycles. The summed E-state index contributed by atoms with van der Waals surface area (Å²) in [6, 6.07) is 12.1. The predicted octanol–water partition coefficient (Wildman–Crippen LogP) is 3.06. The monoisotopic (exact) mass is 227 g/mol. The third-order valence-corrected chi connectivity index (χ3v) is 2.80. The molecular weight excluding hydrogens is 218 g/mol. The number of benzene rings is 1. The van der Waals surface area contributed by atoms with Gasteiger partial charge in [0, 0.05) is 18.0 Å². The van der Waals surface area contributed by atoms with Crippen molar-refractivity contribution in [1.29, 1.82) is 0 Å². The van der Waals surface area contributed by atoms with Crippen LogP contribution in [0.4, 0.5) is 0 Å². The van der Waals surface area contributed by atoms with Crippen LogP contribution in [-0.2, 0) is 0 Å². The number of nitrogens with one attached hydrogen (secondary N) is 1. The Morgan fingerprint density at radius 2 is 2.00 bits per heavy atom. The van der Waals surface area contributed by atoms with Crippen molar-refractivity contribution in [3.63, 3.8) is 0 Å². The summed E-state index contributed by atoms with van der Waals surface area (Å²) in [5, 5.41) is 4.47. The van der Waals surface area contributed by atoms with E-state index in [0.29, 0.717) is 4.64 Å². The second kappa shape index (κ2) is 3.57. The zero-order valence-corrected chi connectivity index (χ0v) is 9.24. The molecule has 0 aliphatic heterocycles. The molecule has 0 atom stereocenters. The molecule has 0 unspecified atom stereocenters. The Balaban J connectivity index is 2.28. The quantitative estimate of drug-likeness (QED) is 0.648. The molecule has 0 spiro atoms. The van der Waals surface area contributed by atoms with Crippen LogP contribution in [0.25, 0.3) is 16.8 Å². The Hall–Kier alpha value is -1.94. The lowest BCUT2D eigenvalue weighted by Crippen LogP contribution is -1.87. The van der Waals surface area contributed by atoms with Crippen LogP contribution in [0.15, 0.2) is 48.8 Å². The number of rotatable bonds is 1. The second-order valence-electron chi connectivity index (χ2n) is 3.51. The van der Waals surface area contributed by atoms with Crippen LogP contribution < -0.4 is 0 Å². The van der Waals surface area contributed by atoms with Crippen LogP contribution in [0, 0.1) is 4.64 Å². The summed E-state index contributed by atoms with van der Waals surface area (Å²) in [5.41, 5.74) is 2.96. The van der Waals surface area contributed by atoms with Crippen molar-refractivity contribution in [2.24, 2.45) is 0 Å². The average molecular weight is 227 g/mol. The third-order valence-electron chi connectivity index (χ3n) is 2.47. The van der Waals surface area contributed by atoms with Gasteiger partial charge in [0.25, 0.3) is 0 Å². The molecule has 3 nitrogen and oxygen atoms in total. The molecule has 2 heterocycles. The van der Waals surface area contributed by atoms with Crippen molar-refractivity contribution >= 4 is 17.7 Å². The van der Waals surface area contributed by atoms with Gasteiger partial charge in [0.15, 0.2) is 0 Å². The molecule has 0 saturated heterocycles. The fourth-order valence-corrected chi connectivity index (χ4v) is 1.91. The highest BCUT2D eigenvalue weighted by atomic mass is 32.1. The number of aromatic nitrogens is 3. The number of hydrogen-bond donors (Lipinski definition) is 1. The van der Waals surface area contributed by atoms with E-state index in [1.54, 1.807) is 10.7 Å². The van der Waals surface area contributed by atoms with Crippen LogP contribution in [0.3, 0.4) is 0 Å². The molecule has 0 fully saturated rings. The van der Waals surface area contributed by atoms with Gasteiger partial charge in [-0.2, -0.15) is 5.10 Å². The second-order valence-corrected chi connectivity index (χ2v) is 3.92. The van der Waals surface area contributed by atoms with Gasteiger partial charge in [-0.05, 0) is 6.07 Å². The summed E-state index contributed by atoms with van der Waals surface area (Å²) < 4.78 is 2.50. The Morgan fingerprint density at radius 1 is 1.19 bits per heavy atom. The fourth-order valence-electron chi connectivity index (χ4n) is 1.69. The molecule has 1 N–H and O–H groups in total. The topological polar surface area (TPSA) is 33.1 Å². The molecule has 78 valence electrons. The summed E-state index contributed by atoms with van der Waals surface area (Å²) in [6.07, 6.45) is 3.65. The Bertz CT molecular complexity index is 682. The largest absolute Gasteiger partial charge is 0.350 e. The van der Waals surface area contributed by atoms with Gasteiger partial charge < -0.3 is 4.98 Å². The molecule has 0 bridgehead atoms. The molecule has 1 aromatic carbocycles. The van der Waals surface area contributed by atoms with Gasteiger partial charge in [-0.25, -0.2) is 4.52 Å². The molecule has 2 aromatic heterocycles. The normalized spacial score (nSPS) is 10.8. The summed E-state index contributed by atoms with van der Waals surface area (Å²) in [4.78, 5) is 2.99. The zero-order chi connectivity index (χ0) is 11.0. The van der Waals surface area contributed by atoms with Gasteiger partial charge in [0.05, 0.1) is 5.69 Å². The van der Waals surface area contributed by atoms with Crippen molar-refractivity contribution < 1.29 is 0 Å². The van der Waals surface area contributed by atoms with Crippen LogP contribution in [0.1, 0.15) is 0 Å². The third kappa shape index (κ3) is 1.44. The number of H-pyrrole nitrogens is 1. The maximum atomic E-state index is 5.20. The smallest absolute Gasteiger partial charge is 0.129 e. The molecule has 3 rings (SSSR count). The van der Waals surface area contributed by atoms with Gasteiger partial charge >= 0.3 is 0 Å². The molecule has 0 saturated carbocycles. The van der Waals surface area contributed by atoms with Crippen LogP contribution >= 0.6 is 12.2 Å². The molecule has 4 heteroatoms. The Kier molecular flexibility index (Phi) is 2.08. The highest BCUT2D eigenvalue weighted by Gasteiger charge is 2.03. The highest BCUT2D eigenvalue weighted by molar-refractivity contribution is 7.71. The molecule has 0 aliphatic rings. The first-order chi connectivity index (χ1) is 7.84. The Labute approximate surface area is 97.4 Å². The molecular formula is C12H9N3S. The van der Waals surface area contributed by atoms with Crippen LogP contribution in [-0.4, -0.2) is 14.6 Å². The van der Waals surface area contributed by atoms with Crippen molar-refractivity contribution in [3.05, 3.63) is 53.4 Å². The van der Waals surface area contributed by atoms with E-state index in [4.69, 9.17) is 12.2 Å². The van der Waals surface area contributed by atoms with Gasteiger partial charge in [-0.15, -0.1) is 0 Å². The molecule has 3 aromatic rings. The van der Waals surface area contributed by atoms with E-state index in [0.717, 1.165) is 16.8 Å². The number of aromatic amines is 1. The maximum Gasteiger partial charge on any atom is 0.129 e. The van der Waals surface area contributed by atoms with Crippen molar-refractivity contribution in [2.75, 3.05) is 0 Å². The molecule has 0 amide bonds. The lowest BCUT2D eigenvalue weighted by Gasteiger charge is -1.92. The predicted molar refractivity (Wildman–Crippen MR) is 65.8 cm³/mol. The van der Waals surface area contributed by atoms with Crippen molar-refractivity contribution in [2.45, 2.75) is 0 Å². The first-order valence-corrected chi connectivity index (χ1v) is 5.38. The van der Waals surface area contributed by atoms with Crippen molar-refractivity contribution in [3.8, 4) is 11.3 Å². The maximum absolute atomic E-state index is 5.20. The summed E-state index contributed by atoms with van der Waals surface area (Å²) in [5.74, 6) is 0. The van der Waals surface area contributed by atoms with E-state index in [2.05, 4.69) is 10.1 Å². The first kappa shape index (κ1) is 9.30. The molecule has 0 radical (unpaired) electrons.